The van der Waals surface area contributed by atoms with Crippen molar-refractivity contribution in [3.8, 4) is 0 Å². The van der Waals surface area contributed by atoms with E-state index >= 15 is 0 Å². The number of likely N-dealkylation sites (tertiary alicyclic amines) is 1. The number of rotatable bonds is 1. The zero-order chi connectivity index (χ0) is 21.0. The number of anilines is 1. The molecule has 1 aliphatic carbocycles. The predicted octanol–water partition coefficient (Wildman–Crippen LogP) is 1.87. The smallest absolute Gasteiger partial charge is 0.257 e. The molecule has 1 fully saturated rings. The van der Waals surface area contributed by atoms with Crippen LogP contribution < -0.4 is 11.3 Å². The number of nitrogens with zero attached hydrogens (tertiary/aromatic N) is 4. The summed E-state index contributed by atoms with van der Waals surface area (Å²) in [6.45, 7) is 9.18. The van der Waals surface area contributed by atoms with E-state index in [0.29, 0.717) is 24.3 Å². The Balaban J connectivity index is 1.59. The molecule has 0 aromatic carbocycles. The van der Waals surface area contributed by atoms with Crippen LogP contribution in [0.5, 0.6) is 0 Å². The van der Waals surface area contributed by atoms with E-state index in [1.165, 1.54) is 6.20 Å². The molecule has 0 bridgehead atoms. The van der Waals surface area contributed by atoms with Crippen LogP contribution in [0, 0.1) is 6.92 Å². The van der Waals surface area contributed by atoms with E-state index in [0.717, 1.165) is 42.8 Å². The Hall–Kier alpha value is -2.77. The Bertz CT molecular complexity index is 1030. The van der Waals surface area contributed by atoms with Crippen molar-refractivity contribution in [2.75, 3.05) is 18.8 Å². The van der Waals surface area contributed by atoms with Crippen molar-refractivity contribution in [2.24, 2.45) is 0 Å². The highest BCUT2D eigenvalue weighted by Gasteiger charge is 2.45. The number of amides is 1. The van der Waals surface area contributed by atoms with Crippen molar-refractivity contribution < 1.29 is 4.79 Å². The van der Waals surface area contributed by atoms with Crippen LogP contribution in [0.15, 0.2) is 11.0 Å². The minimum absolute atomic E-state index is 0.00930. The van der Waals surface area contributed by atoms with Gasteiger partial charge >= 0.3 is 0 Å². The Morgan fingerprint density at radius 3 is 2.52 bits per heavy atom. The lowest BCUT2D eigenvalue weighted by molar-refractivity contribution is 0.0661. The van der Waals surface area contributed by atoms with E-state index < -0.39 is 0 Å². The van der Waals surface area contributed by atoms with Gasteiger partial charge in [0.2, 0.25) is 5.95 Å². The van der Waals surface area contributed by atoms with Gasteiger partial charge in [0.15, 0.2) is 0 Å². The molecule has 0 unspecified atom stereocenters. The Morgan fingerprint density at radius 1 is 1.21 bits per heavy atom. The number of nitrogens with two attached hydrogens (primary N) is 1. The predicted molar refractivity (Wildman–Crippen MR) is 110 cm³/mol. The van der Waals surface area contributed by atoms with Crippen molar-refractivity contribution in [3.63, 3.8) is 0 Å². The highest BCUT2D eigenvalue weighted by atomic mass is 16.2. The Labute approximate surface area is 170 Å². The molecular weight excluding hydrogens is 368 g/mol. The van der Waals surface area contributed by atoms with Gasteiger partial charge in [-0.15, -0.1) is 0 Å². The number of nitrogens with one attached hydrogen (secondary N) is 1. The number of aromatic nitrogens is 4. The Kier molecular flexibility index (Phi) is 4.47. The van der Waals surface area contributed by atoms with Crippen LogP contribution in [-0.2, 0) is 17.3 Å². The van der Waals surface area contributed by atoms with Crippen LogP contribution in [0.1, 0.15) is 73.2 Å². The topological polar surface area (TPSA) is 118 Å². The van der Waals surface area contributed by atoms with Gasteiger partial charge in [0.05, 0.1) is 17.0 Å². The lowest BCUT2D eigenvalue weighted by atomic mass is 9.76. The summed E-state index contributed by atoms with van der Waals surface area (Å²) in [6, 6.07) is 0. The quantitative estimate of drug-likeness (QED) is 0.760. The van der Waals surface area contributed by atoms with Crippen molar-refractivity contribution in [3.05, 3.63) is 44.9 Å². The molecule has 1 spiro atoms. The van der Waals surface area contributed by atoms with Crippen LogP contribution in [0.4, 0.5) is 5.95 Å². The molecule has 3 N–H and O–H groups in total. The number of hydrogen-bond acceptors (Lipinski definition) is 6. The van der Waals surface area contributed by atoms with E-state index in [-0.39, 0.29) is 28.2 Å². The monoisotopic (exact) mass is 396 g/mol. The molecule has 29 heavy (non-hydrogen) atoms. The molecular formula is C21H28N6O2. The molecule has 2 aromatic heterocycles. The average molecular weight is 396 g/mol. The van der Waals surface area contributed by atoms with Gasteiger partial charge in [-0.2, -0.15) is 0 Å². The van der Waals surface area contributed by atoms with E-state index in [1.807, 2.05) is 4.90 Å². The average Bonchev–Trinajstić information content (AvgIpc) is 3.00. The van der Waals surface area contributed by atoms with Crippen LogP contribution in [0.3, 0.4) is 0 Å². The number of carbonyl (C=O) groups is 1. The summed E-state index contributed by atoms with van der Waals surface area (Å²) in [5, 5.41) is 0. The fraction of sp³-hybridized carbons (Fsp3) is 0.571. The maximum absolute atomic E-state index is 13.0. The minimum Gasteiger partial charge on any atom is -0.368 e. The Morgan fingerprint density at radius 2 is 1.90 bits per heavy atom. The summed E-state index contributed by atoms with van der Waals surface area (Å²) in [5.74, 6) is 0.839. The van der Waals surface area contributed by atoms with Gasteiger partial charge < -0.3 is 15.6 Å². The summed E-state index contributed by atoms with van der Waals surface area (Å²) in [4.78, 5) is 43.4. The van der Waals surface area contributed by atoms with Crippen LogP contribution in [0.2, 0.25) is 0 Å². The summed E-state index contributed by atoms with van der Waals surface area (Å²) < 4.78 is 0. The molecule has 2 aromatic rings. The van der Waals surface area contributed by atoms with Crippen molar-refractivity contribution >= 4 is 11.9 Å². The lowest BCUT2D eigenvalue weighted by Crippen LogP contribution is -2.45. The molecule has 154 valence electrons. The first-order valence-corrected chi connectivity index (χ1v) is 10.1. The first kappa shape index (κ1) is 19.5. The molecule has 0 saturated carbocycles. The molecule has 1 amide bonds. The van der Waals surface area contributed by atoms with Gasteiger partial charge in [-0.25, -0.2) is 15.0 Å². The van der Waals surface area contributed by atoms with Gasteiger partial charge in [-0.05, 0) is 32.6 Å². The number of H-pyrrole nitrogens is 1. The van der Waals surface area contributed by atoms with Crippen LogP contribution in [0.25, 0.3) is 0 Å². The second-order valence-corrected chi connectivity index (χ2v) is 9.29. The third-order valence-electron chi connectivity index (χ3n) is 6.32. The van der Waals surface area contributed by atoms with E-state index in [1.54, 1.807) is 6.92 Å². The standard InChI is InChI=1S/C21H28N6O2/c1-12-14(11-23-19(22)24-12)17(29)27-9-7-21(8-10-27)6-5-13-15(21)25-18(20(2,3)4)26-16(13)28/h11H,5-10H2,1-4H3,(H2,22,23,24)(H,25,26,28). The third kappa shape index (κ3) is 3.30. The zero-order valence-electron chi connectivity index (χ0n) is 17.5. The fourth-order valence-corrected chi connectivity index (χ4v) is 4.50. The normalized spacial score (nSPS) is 18.1. The summed E-state index contributed by atoms with van der Waals surface area (Å²) in [6.07, 6.45) is 4.78. The van der Waals surface area contributed by atoms with Crippen LogP contribution >= 0.6 is 0 Å². The minimum atomic E-state index is -0.221. The number of piperidine rings is 1. The number of aryl methyl sites for hydroxylation is 1. The number of carbonyl (C=O) groups excluding carboxylic acids is 1. The second-order valence-electron chi connectivity index (χ2n) is 9.29. The van der Waals surface area contributed by atoms with Gasteiger partial charge in [0.25, 0.3) is 11.5 Å². The molecule has 1 saturated heterocycles. The van der Waals surface area contributed by atoms with Gasteiger partial charge in [0, 0.05) is 35.7 Å². The number of fused-ring (bicyclic) bond motifs is 2. The van der Waals surface area contributed by atoms with Crippen molar-refractivity contribution in [1.29, 1.82) is 0 Å². The highest BCUT2D eigenvalue weighted by molar-refractivity contribution is 5.95. The first-order chi connectivity index (χ1) is 13.6. The zero-order valence-corrected chi connectivity index (χ0v) is 17.5. The molecule has 2 aliphatic rings. The van der Waals surface area contributed by atoms with Crippen molar-refractivity contribution in [2.45, 2.75) is 64.2 Å². The van der Waals surface area contributed by atoms with E-state index in [4.69, 9.17) is 10.7 Å². The molecule has 1 aliphatic heterocycles. The lowest BCUT2D eigenvalue weighted by Gasteiger charge is -2.39. The maximum atomic E-state index is 13.0. The van der Waals surface area contributed by atoms with Gasteiger partial charge in [-0.3, -0.25) is 9.59 Å². The number of hydrogen-bond donors (Lipinski definition) is 2. The SMILES string of the molecule is Cc1nc(N)ncc1C(=O)N1CCC2(CCc3c2nc(C(C)(C)C)[nH]c3=O)CC1. The third-order valence-corrected chi connectivity index (χ3v) is 6.32. The summed E-state index contributed by atoms with van der Waals surface area (Å²) >= 11 is 0. The second kappa shape index (κ2) is 6.64. The largest absolute Gasteiger partial charge is 0.368 e. The van der Waals surface area contributed by atoms with Gasteiger partial charge in [0.1, 0.15) is 5.82 Å². The van der Waals surface area contributed by atoms with Gasteiger partial charge in [-0.1, -0.05) is 20.8 Å². The molecule has 8 nitrogen and oxygen atoms in total. The molecule has 0 radical (unpaired) electrons. The maximum Gasteiger partial charge on any atom is 0.257 e. The van der Waals surface area contributed by atoms with E-state index in [2.05, 4.69) is 35.7 Å². The molecule has 8 heteroatoms. The summed E-state index contributed by atoms with van der Waals surface area (Å²) in [5.41, 5.74) is 8.11. The summed E-state index contributed by atoms with van der Waals surface area (Å²) in [7, 11) is 0. The van der Waals surface area contributed by atoms with Crippen LogP contribution in [-0.4, -0.2) is 43.8 Å². The molecule has 3 heterocycles. The first-order valence-electron chi connectivity index (χ1n) is 10.1. The van der Waals surface area contributed by atoms with E-state index in [9.17, 15) is 9.59 Å². The molecule has 0 atom stereocenters. The number of aromatic amines is 1. The van der Waals surface area contributed by atoms with Crippen molar-refractivity contribution in [1.82, 2.24) is 24.8 Å². The number of nitrogen functional groups attached to an aromatic ring is 1. The highest BCUT2D eigenvalue weighted by Crippen LogP contribution is 2.44. The fourth-order valence-electron chi connectivity index (χ4n) is 4.50. The molecule has 4 rings (SSSR count).